The molecule has 5 nitrogen and oxygen atoms in total. The molecule has 1 aliphatic heterocycles. The van der Waals surface area contributed by atoms with Gasteiger partial charge in [0.2, 0.25) is 5.91 Å². The number of hydrogen-bond acceptors (Lipinski definition) is 2. The van der Waals surface area contributed by atoms with Crippen molar-refractivity contribution in [1.29, 1.82) is 0 Å². The first-order valence-electron chi connectivity index (χ1n) is 9.61. The van der Waals surface area contributed by atoms with E-state index in [2.05, 4.69) is 10.6 Å². The zero-order valence-corrected chi connectivity index (χ0v) is 16.1. The summed E-state index contributed by atoms with van der Waals surface area (Å²) in [5.74, 6) is 0.513. The Kier molecular flexibility index (Phi) is 6.41. The summed E-state index contributed by atoms with van der Waals surface area (Å²) in [5, 5.41) is 6.94. The molecular formula is C20H28ClN3O2. The Balaban J connectivity index is 1.64. The van der Waals surface area contributed by atoms with Crippen molar-refractivity contribution in [2.24, 2.45) is 5.92 Å². The molecule has 0 aromatic heterocycles. The zero-order chi connectivity index (χ0) is 18.5. The maximum absolute atomic E-state index is 12.7. The molecule has 0 unspecified atom stereocenters. The summed E-state index contributed by atoms with van der Waals surface area (Å²) in [7, 11) is 0. The molecule has 26 heavy (non-hydrogen) atoms. The maximum atomic E-state index is 12.7. The number of carbonyl (C=O) groups excluding carboxylic acids is 2. The highest BCUT2D eigenvalue weighted by Crippen LogP contribution is 2.36. The normalized spacial score (nSPS) is 22.1. The van der Waals surface area contributed by atoms with Gasteiger partial charge in [-0.1, -0.05) is 36.6 Å². The molecule has 0 spiro atoms. The highest BCUT2D eigenvalue weighted by molar-refractivity contribution is 6.30. The number of halogens is 1. The Hall–Kier alpha value is -1.75. The summed E-state index contributed by atoms with van der Waals surface area (Å²) in [4.78, 5) is 26.0. The van der Waals surface area contributed by atoms with Gasteiger partial charge in [-0.05, 0) is 49.3 Å². The predicted molar refractivity (Wildman–Crippen MR) is 103 cm³/mol. The SMILES string of the molecule is CC(=O)N1CCC[C@@H](NC(=O)N[C@H](c2cccc(Cl)c2)C2CCCC2)C1. The first-order chi connectivity index (χ1) is 12.5. The maximum Gasteiger partial charge on any atom is 0.315 e. The number of rotatable bonds is 4. The average molecular weight is 378 g/mol. The number of nitrogens with zero attached hydrogens (tertiary/aromatic N) is 1. The van der Waals surface area contributed by atoms with Crippen molar-refractivity contribution in [3.05, 3.63) is 34.9 Å². The lowest BCUT2D eigenvalue weighted by Gasteiger charge is -2.33. The lowest BCUT2D eigenvalue weighted by Crippen LogP contribution is -2.52. The van der Waals surface area contributed by atoms with Gasteiger partial charge in [-0.15, -0.1) is 0 Å². The number of carbonyl (C=O) groups is 2. The Labute approximate surface area is 160 Å². The summed E-state index contributed by atoms with van der Waals surface area (Å²) < 4.78 is 0. The second-order valence-corrected chi connectivity index (χ2v) is 7.94. The molecule has 6 heteroatoms. The van der Waals surface area contributed by atoms with Gasteiger partial charge in [0.25, 0.3) is 0 Å². The van der Waals surface area contributed by atoms with Crippen LogP contribution in [0.2, 0.25) is 5.02 Å². The van der Waals surface area contributed by atoms with Crippen molar-refractivity contribution >= 4 is 23.5 Å². The van der Waals surface area contributed by atoms with E-state index in [1.807, 2.05) is 24.3 Å². The quantitative estimate of drug-likeness (QED) is 0.836. The van der Waals surface area contributed by atoms with Crippen molar-refractivity contribution in [2.45, 2.75) is 57.5 Å². The number of piperidine rings is 1. The van der Waals surface area contributed by atoms with Crippen LogP contribution in [0.3, 0.4) is 0 Å². The highest BCUT2D eigenvalue weighted by Gasteiger charge is 2.29. The monoisotopic (exact) mass is 377 g/mol. The Morgan fingerprint density at radius 2 is 1.96 bits per heavy atom. The van der Waals surface area contributed by atoms with Gasteiger partial charge in [-0.2, -0.15) is 0 Å². The van der Waals surface area contributed by atoms with Crippen LogP contribution < -0.4 is 10.6 Å². The molecule has 2 atom stereocenters. The molecule has 1 aromatic carbocycles. The first kappa shape index (κ1) is 19.0. The van der Waals surface area contributed by atoms with Crippen LogP contribution in [0.5, 0.6) is 0 Å². The molecule has 1 saturated carbocycles. The van der Waals surface area contributed by atoms with Gasteiger partial charge in [-0.25, -0.2) is 4.79 Å². The van der Waals surface area contributed by atoms with E-state index in [0.29, 0.717) is 17.5 Å². The van der Waals surface area contributed by atoms with Crippen molar-refractivity contribution in [3.63, 3.8) is 0 Å². The predicted octanol–water partition coefficient (Wildman–Crippen LogP) is 3.88. The Morgan fingerprint density at radius 1 is 1.19 bits per heavy atom. The number of urea groups is 1. The fraction of sp³-hybridized carbons (Fsp3) is 0.600. The fourth-order valence-electron chi connectivity index (χ4n) is 4.21. The second-order valence-electron chi connectivity index (χ2n) is 7.50. The molecule has 2 aliphatic rings. The van der Waals surface area contributed by atoms with Crippen LogP contribution >= 0.6 is 11.6 Å². The largest absolute Gasteiger partial charge is 0.341 e. The Bertz CT molecular complexity index is 646. The summed E-state index contributed by atoms with van der Waals surface area (Å²) in [5.41, 5.74) is 1.06. The van der Waals surface area contributed by atoms with Crippen LogP contribution in [0.4, 0.5) is 4.79 Å². The van der Waals surface area contributed by atoms with Gasteiger partial charge in [0, 0.05) is 31.1 Å². The van der Waals surface area contributed by atoms with Crippen LogP contribution in [-0.4, -0.2) is 36.0 Å². The van der Waals surface area contributed by atoms with E-state index in [9.17, 15) is 9.59 Å². The molecule has 0 radical (unpaired) electrons. The molecular weight excluding hydrogens is 350 g/mol. The molecule has 0 bridgehead atoms. The van der Waals surface area contributed by atoms with Gasteiger partial charge >= 0.3 is 6.03 Å². The van der Waals surface area contributed by atoms with Crippen LogP contribution in [0.15, 0.2) is 24.3 Å². The van der Waals surface area contributed by atoms with E-state index < -0.39 is 0 Å². The zero-order valence-electron chi connectivity index (χ0n) is 15.3. The smallest absolute Gasteiger partial charge is 0.315 e. The number of benzene rings is 1. The average Bonchev–Trinajstić information content (AvgIpc) is 3.14. The molecule has 142 valence electrons. The van der Waals surface area contributed by atoms with E-state index in [1.165, 1.54) is 12.8 Å². The number of nitrogens with one attached hydrogen (secondary N) is 2. The highest BCUT2D eigenvalue weighted by atomic mass is 35.5. The van der Waals surface area contributed by atoms with E-state index in [4.69, 9.17) is 11.6 Å². The van der Waals surface area contributed by atoms with Gasteiger partial charge < -0.3 is 15.5 Å². The van der Waals surface area contributed by atoms with Crippen molar-refractivity contribution in [1.82, 2.24) is 15.5 Å². The van der Waals surface area contributed by atoms with E-state index in [1.54, 1.807) is 11.8 Å². The van der Waals surface area contributed by atoms with Crippen molar-refractivity contribution in [3.8, 4) is 0 Å². The third kappa shape index (κ3) is 4.91. The Morgan fingerprint density at radius 3 is 2.65 bits per heavy atom. The van der Waals surface area contributed by atoms with Gasteiger partial charge in [-0.3, -0.25) is 4.79 Å². The minimum atomic E-state index is -0.155. The first-order valence-corrected chi connectivity index (χ1v) is 9.98. The van der Waals surface area contributed by atoms with Gasteiger partial charge in [0.15, 0.2) is 0 Å². The molecule has 1 heterocycles. The summed E-state index contributed by atoms with van der Waals surface area (Å²) >= 11 is 6.17. The lowest BCUT2D eigenvalue weighted by molar-refractivity contribution is -0.130. The van der Waals surface area contributed by atoms with Crippen molar-refractivity contribution < 1.29 is 9.59 Å². The van der Waals surface area contributed by atoms with E-state index >= 15 is 0 Å². The summed E-state index contributed by atoms with van der Waals surface area (Å²) in [6.45, 7) is 2.95. The third-order valence-corrected chi connectivity index (χ3v) is 5.80. The third-order valence-electron chi connectivity index (χ3n) is 5.57. The van der Waals surface area contributed by atoms with Crippen LogP contribution in [0.1, 0.15) is 57.1 Å². The van der Waals surface area contributed by atoms with Crippen LogP contribution in [0, 0.1) is 5.92 Å². The minimum absolute atomic E-state index is 0.0104. The van der Waals surface area contributed by atoms with E-state index in [-0.39, 0.29) is 24.0 Å². The number of likely N-dealkylation sites (tertiary alicyclic amines) is 1. The number of hydrogen-bond donors (Lipinski definition) is 2. The molecule has 2 N–H and O–H groups in total. The second kappa shape index (κ2) is 8.76. The topological polar surface area (TPSA) is 61.4 Å². The fourth-order valence-corrected chi connectivity index (χ4v) is 4.41. The minimum Gasteiger partial charge on any atom is -0.341 e. The molecule has 3 amide bonds. The standard InChI is InChI=1S/C20H28ClN3O2/c1-14(25)24-11-5-10-18(13-24)22-20(26)23-19(15-6-2-3-7-15)16-8-4-9-17(21)12-16/h4,8-9,12,15,18-19H,2-3,5-7,10-11,13H2,1H3,(H2,22,23,26)/t18-,19+/m1/s1. The summed E-state index contributed by atoms with van der Waals surface area (Å²) in [6, 6.07) is 7.61. The van der Waals surface area contributed by atoms with Gasteiger partial charge in [0.05, 0.1) is 6.04 Å². The van der Waals surface area contributed by atoms with Gasteiger partial charge in [0.1, 0.15) is 0 Å². The summed E-state index contributed by atoms with van der Waals surface area (Å²) in [6.07, 6.45) is 6.49. The van der Waals surface area contributed by atoms with Crippen LogP contribution in [-0.2, 0) is 4.79 Å². The van der Waals surface area contributed by atoms with E-state index in [0.717, 1.165) is 37.8 Å². The molecule has 3 rings (SSSR count). The van der Waals surface area contributed by atoms with Crippen molar-refractivity contribution in [2.75, 3.05) is 13.1 Å². The van der Waals surface area contributed by atoms with Crippen LogP contribution in [0.25, 0.3) is 0 Å². The number of amides is 3. The molecule has 1 aromatic rings. The molecule has 1 aliphatic carbocycles. The lowest BCUT2D eigenvalue weighted by atomic mass is 9.91. The molecule has 2 fully saturated rings. The molecule has 1 saturated heterocycles.